The van der Waals surface area contributed by atoms with Crippen LogP contribution in [0.5, 0.6) is 0 Å². The van der Waals surface area contributed by atoms with Gasteiger partial charge in [-0.25, -0.2) is 13.1 Å². The van der Waals surface area contributed by atoms with Gasteiger partial charge in [-0.2, -0.15) is 0 Å². The van der Waals surface area contributed by atoms with Crippen LogP contribution in [0.15, 0.2) is 23.1 Å². The molecule has 0 aromatic heterocycles. The van der Waals surface area contributed by atoms with Crippen LogP contribution in [0.2, 0.25) is 0 Å². The maximum Gasteiger partial charge on any atom is 0.249 e. The number of rotatable bonds is 6. The highest BCUT2D eigenvalue weighted by Gasteiger charge is 2.17. The van der Waals surface area contributed by atoms with Crippen LogP contribution >= 0.6 is 0 Å². The van der Waals surface area contributed by atoms with Gasteiger partial charge in [0.2, 0.25) is 15.9 Å². The molecular formula is C15H23N3O3S. The van der Waals surface area contributed by atoms with E-state index in [1.165, 1.54) is 31.4 Å². The van der Waals surface area contributed by atoms with Gasteiger partial charge in [0.25, 0.3) is 0 Å². The zero-order valence-electron chi connectivity index (χ0n) is 12.8. The number of amides is 1. The minimum absolute atomic E-state index is 0.0746. The number of benzene rings is 1. The van der Waals surface area contributed by atoms with E-state index in [0.29, 0.717) is 18.7 Å². The van der Waals surface area contributed by atoms with Gasteiger partial charge in [0.1, 0.15) is 0 Å². The van der Waals surface area contributed by atoms with Crippen molar-refractivity contribution < 1.29 is 13.2 Å². The molecule has 0 spiro atoms. The molecule has 7 heteroatoms. The van der Waals surface area contributed by atoms with Crippen molar-refractivity contribution in [2.75, 3.05) is 26.2 Å². The number of likely N-dealkylation sites (tertiary alicyclic amines) is 1. The highest BCUT2D eigenvalue weighted by atomic mass is 32.2. The number of nitrogens with one attached hydrogen (secondary N) is 1. The fourth-order valence-electron chi connectivity index (χ4n) is 2.64. The standard InChI is InChI=1S/C15H23N3O3S/c1-12-5-6-13(11-14(12)15(16)19)22(20,21)17-7-10-18-8-3-2-4-9-18/h5-6,11,17H,2-4,7-10H2,1H3,(H2,16,19). The van der Waals surface area contributed by atoms with Gasteiger partial charge in [-0.3, -0.25) is 4.79 Å². The zero-order chi connectivity index (χ0) is 16.2. The van der Waals surface area contributed by atoms with Crippen molar-refractivity contribution in [3.63, 3.8) is 0 Å². The molecule has 1 aromatic carbocycles. The Bertz CT molecular complexity index is 637. The first kappa shape index (κ1) is 16.9. The van der Waals surface area contributed by atoms with Crippen LogP contribution in [-0.4, -0.2) is 45.4 Å². The van der Waals surface area contributed by atoms with Gasteiger partial charge in [-0.1, -0.05) is 12.5 Å². The number of sulfonamides is 1. The van der Waals surface area contributed by atoms with E-state index in [1.54, 1.807) is 13.0 Å². The van der Waals surface area contributed by atoms with Crippen molar-refractivity contribution in [3.8, 4) is 0 Å². The number of piperidine rings is 1. The number of primary amides is 1. The molecule has 1 aromatic rings. The van der Waals surface area contributed by atoms with E-state index in [0.717, 1.165) is 13.1 Å². The molecule has 0 radical (unpaired) electrons. The Hall–Kier alpha value is -1.44. The van der Waals surface area contributed by atoms with Crippen LogP contribution in [0.25, 0.3) is 0 Å². The molecule has 1 heterocycles. The summed E-state index contributed by atoms with van der Waals surface area (Å²) in [6.45, 7) is 4.84. The summed E-state index contributed by atoms with van der Waals surface area (Å²) >= 11 is 0. The second kappa shape index (κ2) is 7.21. The largest absolute Gasteiger partial charge is 0.366 e. The van der Waals surface area contributed by atoms with E-state index in [2.05, 4.69) is 9.62 Å². The van der Waals surface area contributed by atoms with Crippen molar-refractivity contribution in [1.29, 1.82) is 0 Å². The van der Waals surface area contributed by atoms with Gasteiger partial charge in [-0.05, 0) is 50.6 Å². The summed E-state index contributed by atoms with van der Waals surface area (Å²) in [7, 11) is -3.62. The maximum atomic E-state index is 12.3. The SMILES string of the molecule is Cc1ccc(S(=O)(=O)NCCN2CCCCC2)cc1C(N)=O. The zero-order valence-corrected chi connectivity index (χ0v) is 13.7. The molecule has 122 valence electrons. The van der Waals surface area contributed by atoms with Gasteiger partial charge in [-0.15, -0.1) is 0 Å². The first-order valence-electron chi connectivity index (χ1n) is 7.52. The Morgan fingerprint density at radius 3 is 2.59 bits per heavy atom. The van der Waals surface area contributed by atoms with Crippen LogP contribution in [0.1, 0.15) is 35.2 Å². The monoisotopic (exact) mass is 325 g/mol. The first-order valence-corrected chi connectivity index (χ1v) is 9.01. The van der Waals surface area contributed by atoms with Crippen molar-refractivity contribution >= 4 is 15.9 Å². The predicted molar refractivity (Wildman–Crippen MR) is 85.2 cm³/mol. The maximum absolute atomic E-state index is 12.3. The minimum Gasteiger partial charge on any atom is -0.366 e. The second-order valence-electron chi connectivity index (χ2n) is 5.64. The number of hydrogen-bond acceptors (Lipinski definition) is 4. The summed E-state index contributed by atoms with van der Waals surface area (Å²) in [4.78, 5) is 13.7. The highest BCUT2D eigenvalue weighted by Crippen LogP contribution is 2.15. The van der Waals surface area contributed by atoms with Crippen molar-refractivity contribution in [2.45, 2.75) is 31.1 Å². The summed E-state index contributed by atoms with van der Waals surface area (Å²) in [5.74, 6) is -0.622. The molecule has 2 rings (SSSR count). The summed E-state index contributed by atoms with van der Waals surface area (Å²) in [5.41, 5.74) is 6.17. The van der Waals surface area contributed by atoms with E-state index < -0.39 is 15.9 Å². The topological polar surface area (TPSA) is 92.5 Å². The van der Waals surface area contributed by atoms with Gasteiger partial charge in [0.15, 0.2) is 0 Å². The van der Waals surface area contributed by atoms with E-state index >= 15 is 0 Å². The fourth-order valence-corrected chi connectivity index (χ4v) is 3.69. The molecule has 1 aliphatic heterocycles. The van der Waals surface area contributed by atoms with Gasteiger partial charge in [0, 0.05) is 18.7 Å². The van der Waals surface area contributed by atoms with Gasteiger partial charge < -0.3 is 10.6 Å². The van der Waals surface area contributed by atoms with E-state index in [1.807, 2.05) is 0 Å². The summed E-state index contributed by atoms with van der Waals surface area (Å²) in [5, 5.41) is 0. The number of carbonyl (C=O) groups is 1. The third-order valence-electron chi connectivity index (χ3n) is 3.95. The Morgan fingerprint density at radius 2 is 1.95 bits per heavy atom. The van der Waals surface area contributed by atoms with Crippen molar-refractivity contribution in [3.05, 3.63) is 29.3 Å². The average Bonchev–Trinajstić information content (AvgIpc) is 2.48. The number of hydrogen-bond donors (Lipinski definition) is 2. The Labute approximate surface area is 131 Å². The van der Waals surface area contributed by atoms with Crippen LogP contribution in [0.3, 0.4) is 0 Å². The quantitative estimate of drug-likeness (QED) is 0.811. The summed E-state index contributed by atoms with van der Waals surface area (Å²) < 4.78 is 27.1. The number of nitrogens with zero attached hydrogens (tertiary/aromatic N) is 1. The molecule has 1 fully saturated rings. The number of carbonyl (C=O) groups excluding carboxylic acids is 1. The van der Waals surface area contributed by atoms with Gasteiger partial charge >= 0.3 is 0 Å². The lowest BCUT2D eigenvalue weighted by Crippen LogP contribution is -2.37. The minimum atomic E-state index is -3.62. The lowest BCUT2D eigenvalue weighted by atomic mass is 10.1. The molecule has 0 atom stereocenters. The average molecular weight is 325 g/mol. The third-order valence-corrected chi connectivity index (χ3v) is 5.41. The van der Waals surface area contributed by atoms with Crippen molar-refractivity contribution in [1.82, 2.24) is 9.62 Å². The van der Waals surface area contributed by atoms with Crippen LogP contribution in [0, 0.1) is 6.92 Å². The second-order valence-corrected chi connectivity index (χ2v) is 7.41. The Kier molecular flexibility index (Phi) is 5.55. The number of nitrogens with two attached hydrogens (primary N) is 1. The fraction of sp³-hybridized carbons (Fsp3) is 0.533. The molecule has 0 bridgehead atoms. The highest BCUT2D eigenvalue weighted by molar-refractivity contribution is 7.89. The Morgan fingerprint density at radius 1 is 1.27 bits per heavy atom. The van der Waals surface area contributed by atoms with Crippen LogP contribution in [-0.2, 0) is 10.0 Å². The summed E-state index contributed by atoms with van der Waals surface area (Å²) in [6.07, 6.45) is 3.60. The molecule has 1 saturated heterocycles. The van der Waals surface area contributed by atoms with Gasteiger partial charge in [0.05, 0.1) is 4.90 Å². The normalized spacial score (nSPS) is 16.6. The predicted octanol–water partition coefficient (Wildman–Crippen LogP) is 0.858. The molecule has 0 saturated carbocycles. The van der Waals surface area contributed by atoms with Crippen LogP contribution in [0.4, 0.5) is 0 Å². The molecular weight excluding hydrogens is 302 g/mol. The molecule has 6 nitrogen and oxygen atoms in total. The number of aryl methyl sites for hydroxylation is 1. The molecule has 22 heavy (non-hydrogen) atoms. The molecule has 1 amide bonds. The Balaban J connectivity index is 2.00. The third kappa shape index (κ3) is 4.28. The lowest BCUT2D eigenvalue weighted by Gasteiger charge is -2.26. The van der Waals surface area contributed by atoms with Crippen molar-refractivity contribution in [2.24, 2.45) is 5.73 Å². The van der Waals surface area contributed by atoms with E-state index in [4.69, 9.17) is 5.73 Å². The first-order chi connectivity index (χ1) is 10.4. The molecule has 0 aliphatic carbocycles. The van der Waals surface area contributed by atoms with E-state index in [-0.39, 0.29) is 10.5 Å². The van der Waals surface area contributed by atoms with E-state index in [9.17, 15) is 13.2 Å². The summed E-state index contributed by atoms with van der Waals surface area (Å²) in [6, 6.07) is 4.42. The molecule has 0 unspecified atom stereocenters. The lowest BCUT2D eigenvalue weighted by molar-refractivity contribution is 0.0999. The smallest absolute Gasteiger partial charge is 0.249 e. The molecule has 1 aliphatic rings. The van der Waals surface area contributed by atoms with Crippen LogP contribution < -0.4 is 10.5 Å². The molecule has 3 N–H and O–H groups in total.